The minimum Gasteiger partial charge on any atom is -0.457 e. The van der Waals surface area contributed by atoms with Gasteiger partial charge < -0.3 is 4.74 Å². The predicted octanol–water partition coefficient (Wildman–Crippen LogP) is 7.16. The van der Waals surface area contributed by atoms with E-state index in [1.807, 2.05) is 37.1 Å². The van der Waals surface area contributed by atoms with Gasteiger partial charge in [0.05, 0.1) is 18.7 Å². The van der Waals surface area contributed by atoms with Crippen LogP contribution in [0.25, 0.3) is 0 Å². The second-order valence-corrected chi connectivity index (χ2v) is 11.9. The van der Waals surface area contributed by atoms with Gasteiger partial charge in [-0.2, -0.15) is 0 Å². The summed E-state index contributed by atoms with van der Waals surface area (Å²) in [5.74, 6) is 6.03. The van der Waals surface area contributed by atoms with Crippen LogP contribution in [0.5, 0.6) is 0 Å². The number of hydrogen-bond donors (Lipinski definition) is 0. The molecule has 1 aliphatic heterocycles. The van der Waals surface area contributed by atoms with E-state index in [1.165, 1.54) is 44.1 Å². The van der Waals surface area contributed by atoms with E-state index in [0.717, 1.165) is 41.9 Å². The van der Waals surface area contributed by atoms with Gasteiger partial charge in [-0.3, -0.25) is 19.4 Å². The molecule has 0 bridgehead atoms. The number of esters is 1. The maximum Gasteiger partial charge on any atom is 0.320 e. The highest BCUT2D eigenvalue weighted by molar-refractivity contribution is 5.95. The molecule has 0 amide bonds. The molecule has 44 heavy (non-hydrogen) atoms. The van der Waals surface area contributed by atoms with Crippen molar-refractivity contribution in [3.05, 3.63) is 88.3 Å². The van der Waals surface area contributed by atoms with Crippen molar-refractivity contribution < 1.29 is 14.3 Å². The van der Waals surface area contributed by atoms with Gasteiger partial charge in [0.2, 0.25) is 0 Å². The average molecular weight is 598 g/mol. The summed E-state index contributed by atoms with van der Waals surface area (Å²) in [6.07, 6.45) is 13.9. The second kappa shape index (κ2) is 19.0. The highest BCUT2D eigenvalue weighted by atomic mass is 16.5. The number of aryl methyl sites for hydroxylation is 1. The number of carbonyl (C=O) groups excluding carboxylic acids is 2. The molecule has 0 saturated carbocycles. The molecular weight excluding hydrogens is 546 g/mol. The van der Waals surface area contributed by atoms with Crippen molar-refractivity contribution >= 4 is 11.8 Å². The fourth-order valence-electron chi connectivity index (χ4n) is 5.31. The van der Waals surface area contributed by atoms with Gasteiger partial charge in [0.1, 0.15) is 11.8 Å². The lowest BCUT2D eigenvalue weighted by atomic mass is 10.0. The Balaban J connectivity index is 1.77. The molecular formula is C38H51N3O3. The van der Waals surface area contributed by atoms with E-state index in [-0.39, 0.29) is 24.7 Å². The zero-order valence-corrected chi connectivity index (χ0v) is 27.5. The van der Waals surface area contributed by atoms with E-state index in [2.05, 4.69) is 61.8 Å². The molecule has 236 valence electrons. The minimum absolute atomic E-state index is 0.0213. The van der Waals surface area contributed by atoms with Crippen molar-refractivity contribution in [2.75, 3.05) is 33.2 Å². The molecule has 0 aliphatic carbocycles. The Morgan fingerprint density at radius 1 is 0.977 bits per heavy atom. The third-order valence-corrected chi connectivity index (χ3v) is 7.86. The first-order chi connectivity index (χ1) is 21.3. The Bertz CT molecular complexity index is 1330. The highest BCUT2D eigenvalue weighted by Gasteiger charge is 2.21. The van der Waals surface area contributed by atoms with Crippen LogP contribution in [0, 0.1) is 11.8 Å². The number of ether oxygens (including phenoxy) is 1. The molecule has 2 heterocycles. The van der Waals surface area contributed by atoms with Crippen LogP contribution in [0.1, 0.15) is 106 Å². The Kier molecular flexibility index (Phi) is 15.1. The largest absolute Gasteiger partial charge is 0.457 e. The molecule has 0 unspecified atom stereocenters. The van der Waals surface area contributed by atoms with Crippen LogP contribution < -0.4 is 0 Å². The number of nitrogens with zero attached hydrogens (tertiary/aromatic N) is 3. The summed E-state index contributed by atoms with van der Waals surface area (Å²) in [4.78, 5) is 34.9. The van der Waals surface area contributed by atoms with Crippen molar-refractivity contribution in [2.24, 2.45) is 0 Å². The zero-order valence-electron chi connectivity index (χ0n) is 27.5. The van der Waals surface area contributed by atoms with Crippen LogP contribution in [0.15, 0.2) is 60.2 Å². The summed E-state index contributed by atoms with van der Waals surface area (Å²) in [7, 11) is 1.88. The highest BCUT2D eigenvalue weighted by Crippen LogP contribution is 2.15. The SMILES string of the molecule is CCCCCCCCc1ccc(C#Cc2cc(CN(CC)CC)nc(C(=O)C[C@H]3/C=C\C=C(/C)CN(C)CC(=O)O3)c2)cc1. The van der Waals surface area contributed by atoms with Crippen molar-refractivity contribution in [3.63, 3.8) is 0 Å². The quantitative estimate of drug-likeness (QED) is 0.0997. The van der Waals surface area contributed by atoms with E-state index in [4.69, 9.17) is 9.72 Å². The lowest BCUT2D eigenvalue weighted by Crippen LogP contribution is -2.32. The lowest BCUT2D eigenvalue weighted by Gasteiger charge is -2.20. The number of allylic oxidation sites excluding steroid dienone is 2. The predicted molar refractivity (Wildman–Crippen MR) is 180 cm³/mol. The first kappa shape index (κ1) is 35.0. The minimum atomic E-state index is -0.664. The summed E-state index contributed by atoms with van der Waals surface area (Å²) in [6, 6.07) is 12.2. The maximum absolute atomic E-state index is 13.5. The van der Waals surface area contributed by atoms with Gasteiger partial charge in [0, 0.05) is 24.2 Å². The van der Waals surface area contributed by atoms with Gasteiger partial charge >= 0.3 is 5.97 Å². The van der Waals surface area contributed by atoms with E-state index >= 15 is 0 Å². The average Bonchev–Trinajstić information content (AvgIpc) is 3.00. The normalized spacial score (nSPS) is 17.7. The molecule has 0 radical (unpaired) electrons. The first-order valence-corrected chi connectivity index (χ1v) is 16.4. The molecule has 0 saturated heterocycles. The van der Waals surface area contributed by atoms with Gasteiger partial charge in [-0.1, -0.05) is 94.6 Å². The van der Waals surface area contributed by atoms with E-state index < -0.39 is 6.10 Å². The molecule has 2 aromatic rings. The molecule has 1 atom stereocenters. The molecule has 3 rings (SSSR count). The Hall–Kier alpha value is -3.53. The number of ketones is 1. The zero-order chi connectivity index (χ0) is 31.7. The number of Topliss-reactive ketones (excluding diaryl/α,β-unsaturated/α-hetero) is 1. The molecule has 1 aliphatic rings. The van der Waals surface area contributed by atoms with Gasteiger partial charge in [-0.25, -0.2) is 4.98 Å². The van der Waals surface area contributed by atoms with Crippen molar-refractivity contribution in [1.82, 2.24) is 14.8 Å². The maximum atomic E-state index is 13.5. The van der Waals surface area contributed by atoms with Crippen molar-refractivity contribution in [2.45, 2.75) is 91.7 Å². The topological polar surface area (TPSA) is 62.7 Å². The number of carbonyl (C=O) groups is 2. The van der Waals surface area contributed by atoms with Crippen LogP contribution in [-0.4, -0.2) is 65.9 Å². The van der Waals surface area contributed by atoms with E-state index in [9.17, 15) is 9.59 Å². The molecule has 0 spiro atoms. The number of rotatable bonds is 14. The summed E-state index contributed by atoms with van der Waals surface area (Å²) in [6.45, 7) is 11.7. The number of benzene rings is 1. The van der Waals surface area contributed by atoms with Gasteiger partial charge in [0.15, 0.2) is 5.78 Å². The fraction of sp³-hybridized carbons (Fsp3) is 0.500. The van der Waals surface area contributed by atoms with Crippen molar-refractivity contribution in [3.8, 4) is 11.8 Å². The molecule has 6 nitrogen and oxygen atoms in total. The Labute approximate surface area is 265 Å². The fourth-order valence-corrected chi connectivity index (χ4v) is 5.31. The molecule has 1 aromatic carbocycles. The number of likely N-dealkylation sites (N-methyl/N-ethyl adjacent to an activating group) is 1. The number of aromatic nitrogens is 1. The smallest absolute Gasteiger partial charge is 0.320 e. The van der Waals surface area contributed by atoms with E-state index in [1.54, 1.807) is 12.1 Å². The summed E-state index contributed by atoms with van der Waals surface area (Å²) >= 11 is 0. The summed E-state index contributed by atoms with van der Waals surface area (Å²) in [5.41, 5.74) is 5.32. The van der Waals surface area contributed by atoms with Gasteiger partial charge in [-0.15, -0.1) is 0 Å². The number of cyclic esters (lactones) is 1. The molecule has 0 fully saturated rings. The van der Waals surface area contributed by atoms with E-state index in [0.29, 0.717) is 18.8 Å². The van der Waals surface area contributed by atoms with Gasteiger partial charge in [-0.05, 0) is 75.8 Å². The molecule has 0 N–H and O–H groups in total. The van der Waals surface area contributed by atoms with Crippen molar-refractivity contribution in [1.29, 1.82) is 0 Å². The van der Waals surface area contributed by atoms with Crippen LogP contribution >= 0.6 is 0 Å². The third kappa shape index (κ3) is 12.6. The summed E-state index contributed by atoms with van der Waals surface area (Å²) < 4.78 is 5.66. The third-order valence-electron chi connectivity index (χ3n) is 7.86. The standard InChI is InChI=1S/C38H51N3O3/c1-6-9-10-11-12-13-16-31-18-20-32(21-19-31)22-23-33-24-34(28-41(7-2)8-3)39-36(25-33)37(42)26-35-17-14-15-30(4)27-40(5)29-38(43)44-35/h14-15,17-21,24-25,35H,6-13,16,26-29H2,1-5H3/b17-14-,30-15+/t35-/m1/s1. The first-order valence-electron chi connectivity index (χ1n) is 16.4. The number of pyridine rings is 1. The Morgan fingerprint density at radius 2 is 1.68 bits per heavy atom. The van der Waals surface area contributed by atoms with Crippen LogP contribution in [0.4, 0.5) is 0 Å². The number of hydrogen-bond acceptors (Lipinski definition) is 6. The lowest BCUT2D eigenvalue weighted by molar-refractivity contribution is -0.147. The monoisotopic (exact) mass is 597 g/mol. The molecule has 1 aromatic heterocycles. The van der Waals surface area contributed by atoms with Crippen LogP contribution in [-0.2, 0) is 22.5 Å². The number of unbranched alkanes of at least 4 members (excludes halogenated alkanes) is 5. The van der Waals surface area contributed by atoms with Gasteiger partial charge in [0.25, 0.3) is 0 Å². The Morgan fingerprint density at radius 3 is 2.41 bits per heavy atom. The summed E-state index contributed by atoms with van der Waals surface area (Å²) in [5, 5.41) is 0. The molecule has 6 heteroatoms. The second-order valence-electron chi connectivity index (χ2n) is 11.9. The van der Waals surface area contributed by atoms with Crippen LogP contribution in [0.2, 0.25) is 0 Å². The van der Waals surface area contributed by atoms with Crippen LogP contribution in [0.3, 0.4) is 0 Å².